The minimum Gasteiger partial charge on any atom is -0.389 e. The summed E-state index contributed by atoms with van der Waals surface area (Å²) < 4.78 is 0. The van der Waals surface area contributed by atoms with Crippen LogP contribution in [0, 0.1) is 0 Å². The molecule has 0 spiro atoms. The van der Waals surface area contributed by atoms with Crippen LogP contribution in [0.3, 0.4) is 0 Å². The molecule has 0 fully saturated rings. The molecule has 17 heavy (non-hydrogen) atoms. The number of aliphatic hydroxyl groups excluding tert-OH is 1. The predicted molar refractivity (Wildman–Crippen MR) is 71.3 cm³/mol. The van der Waals surface area contributed by atoms with E-state index in [0.29, 0.717) is 0 Å². The molecule has 1 atom stereocenters. The predicted octanol–water partition coefficient (Wildman–Crippen LogP) is 2.83. The third-order valence-electron chi connectivity index (χ3n) is 2.60. The third kappa shape index (κ3) is 2.84. The fraction of sp³-hybridized carbons (Fsp3) is 0.308. The van der Waals surface area contributed by atoms with Crippen molar-refractivity contribution >= 4 is 17.2 Å². The van der Waals surface area contributed by atoms with Crippen molar-refractivity contribution < 1.29 is 5.11 Å². The summed E-state index contributed by atoms with van der Waals surface area (Å²) in [6.07, 6.45) is 1.26. The van der Waals surface area contributed by atoms with Gasteiger partial charge in [-0.1, -0.05) is 12.1 Å². The molecule has 2 aromatic rings. The Hall–Kier alpha value is -1.39. The van der Waals surface area contributed by atoms with Gasteiger partial charge in [0.05, 0.1) is 12.6 Å². The lowest BCUT2D eigenvalue weighted by atomic mass is 10.1. The van der Waals surface area contributed by atoms with Crippen LogP contribution >= 0.6 is 11.3 Å². The van der Waals surface area contributed by atoms with Gasteiger partial charge in [-0.15, -0.1) is 11.3 Å². The van der Waals surface area contributed by atoms with Gasteiger partial charge in [0.1, 0.15) is 5.82 Å². The second-order valence-electron chi connectivity index (χ2n) is 4.03. The summed E-state index contributed by atoms with van der Waals surface area (Å²) in [6, 6.07) is 7.91. The SMILES string of the molecule is C[C@@H](O)c1cccnc1N(C)Cc1cccs1. The Morgan fingerprint density at radius 3 is 2.88 bits per heavy atom. The number of hydrogen-bond acceptors (Lipinski definition) is 4. The van der Waals surface area contributed by atoms with Crippen molar-refractivity contribution in [2.45, 2.75) is 19.6 Å². The van der Waals surface area contributed by atoms with Gasteiger partial charge in [0.15, 0.2) is 0 Å². The van der Waals surface area contributed by atoms with Crippen LogP contribution in [0.5, 0.6) is 0 Å². The molecule has 0 unspecified atom stereocenters. The van der Waals surface area contributed by atoms with E-state index in [0.717, 1.165) is 17.9 Å². The zero-order valence-corrected chi connectivity index (χ0v) is 10.8. The third-order valence-corrected chi connectivity index (χ3v) is 3.46. The number of thiophene rings is 1. The van der Waals surface area contributed by atoms with E-state index in [1.165, 1.54) is 4.88 Å². The Balaban J connectivity index is 2.21. The molecule has 0 bridgehead atoms. The van der Waals surface area contributed by atoms with Crippen LogP contribution in [-0.2, 0) is 6.54 Å². The molecule has 2 heterocycles. The van der Waals surface area contributed by atoms with Crippen LogP contribution < -0.4 is 4.90 Å². The second-order valence-corrected chi connectivity index (χ2v) is 5.06. The van der Waals surface area contributed by atoms with Crippen LogP contribution in [0.1, 0.15) is 23.5 Å². The Bertz CT molecular complexity index is 468. The van der Waals surface area contributed by atoms with Crippen LogP contribution in [0.2, 0.25) is 0 Å². The van der Waals surface area contributed by atoms with Gasteiger partial charge in [-0.2, -0.15) is 0 Å². The Labute approximate surface area is 105 Å². The summed E-state index contributed by atoms with van der Waals surface area (Å²) in [5.41, 5.74) is 0.867. The number of pyridine rings is 1. The topological polar surface area (TPSA) is 36.4 Å². The van der Waals surface area contributed by atoms with Gasteiger partial charge in [-0.3, -0.25) is 0 Å². The molecule has 0 radical (unpaired) electrons. The van der Waals surface area contributed by atoms with E-state index in [-0.39, 0.29) is 0 Å². The minimum atomic E-state index is -0.496. The van der Waals surface area contributed by atoms with E-state index in [1.54, 1.807) is 24.5 Å². The Kier molecular flexibility index (Phi) is 3.76. The highest BCUT2D eigenvalue weighted by Gasteiger charge is 2.12. The summed E-state index contributed by atoms with van der Waals surface area (Å²) >= 11 is 1.73. The highest BCUT2D eigenvalue weighted by atomic mass is 32.1. The minimum absolute atomic E-state index is 0.496. The number of hydrogen-bond donors (Lipinski definition) is 1. The van der Waals surface area contributed by atoms with Crippen LogP contribution in [0.4, 0.5) is 5.82 Å². The van der Waals surface area contributed by atoms with Crippen molar-refractivity contribution in [3.05, 3.63) is 46.3 Å². The fourth-order valence-corrected chi connectivity index (χ4v) is 2.52. The molecule has 3 nitrogen and oxygen atoms in total. The van der Waals surface area contributed by atoms with Crippen LogP contribution in [0.15, 0.2) is 35.8 Å². The van der Waals surface area contributed by atoms with Crippen molar-refractivity contribution in [3.63, 3.8) is 0 Å². The van der Waals surface area contributed by atoms with E-state index in [4.69, 9.17) is 0 Å². The molecule has 0 aromatic carbocycles. The molecule has 90 valence electrons. The molecule has 2 aromatic heterocycles. The first-order chi connectivity index (χ1) is 8.18. The largest absolute Gasteiger partial charge is 0.389 e. The van der Waals surface area contributed by atoms with E-state index < -0.39 is 6.10 Å². The zero-order valence-electron chi connectivity index (χ0n) is 10.00. The first-order valence-electron chi connectivity index (χ1n) is 5.55. The standard InChI is InChI=1S/C13H16N2OS/c1-10(16)12-6-3-7-14-13(12)15(2)9-11-5-4-8-17-11/h3-8,10,16H,9H2,1-2H3/t10-/m1/s1. The lowest BCUT2D eigenvalue weighted by Gasteiger charge is -2.21. The molecule has 0 aliphatic heterocycles. The summed E-state index contributed by atoms with van der Waals surface area (Å²) in [5.74, 6) is 0.843. The van der Waals surface area contributed by atoms with Crippen LogP contribution in [-0.4, -0.2) is 17.1 Å². The van der Waals surface area contributed by atoms with E-state index in [1.807, 2.05) is 25.2 Å². The molecule has 0 saturated heterocycles. The lowest BCUT2D eigenvalue weighted by molar-refractivity contribution is 0.199. The molecule has 0 aliphatic carbocycles. The Morgan fingerprint density at radius 1 is 1.41 bits per heavy atom. The number of rotatable bonds is 4. The number of nitrogens with zero attached hydrogens (tertiary/aromatic N) is 2. The maximum Gasteiger partial charge on any atom is 0.134 e. The van der Waals surface area contributed by atoms with Gasteiger partial charge in [0.2, 0.25) is 0 Å². The van der Waals surface area contributed by atoms with E-state index in [9.17, 15) is 5.11 Å². The quantitative estimate of drug-likeness (QED) is 0.904. The molecular formula is C13H16N2OS. The molecule has 0 saturated carbocycles. The first-order valence-corrected chi connectivity index (χ1v) is 6.43. The molecule has 1 N–H and O–H groups in total. The van der Waals surface area contributed by atoms with Gasteiger partial charge in [-0.05, 0) is 24.4 Å². The van der Waals surface area contributed by atoms with Crippen molar-refractivity contribution in [1.29, 1.82) is 0 Å². The van der Waals surface area contributed by atoms with Crippen molar-refractivity contribution in [3.8, 4) is 0 Å². The zero-order chi connectivity index (χ0) is 12.3. The summed E-state index contributed by atoms with van der Waals surface area (Å²) in [6.45, 7) is 2.58. The average Bonchev–Trinajstić information content (AvgIpc) is 2.81. The monoisotopic (exact) mass is 248 g/mol. The van der Waals surface area contributed by atoms with Gasteiger partial charge in [0.25, 0.3) is 0 Å². The lowest BCUT2D eigenvalue weighted by Crippen LogP contribution is -2.19. The molecule has 0 aliphatic rings. The van der Waals surface area contributed by atoms with E-state index >= 15 is 0 Å². The molecular weight excluding hydrogens is 232 g/mol. The van der Waals surface area contributed by atoms with Crippen molar-refractivity contribution in [2.24, 2.45) is 0 Å². The van der Waals surface area contributed by atoms with Gasteiger partial charge in [0, 0.05) is 23.7 Å². The first kappa shape index (κ1) is 12.1. The number of aliphatic hydroxyl groups is 1. The van der Waals surface area contributed by atoms with Gasteiger partial charge in [-0.25, -0.2) is 4.98 Å². The highest BCUT2D eigenvalue weighted by molar-refractivity contribution is 7.09. The maximum absolute atomic E-state index is 9.72. The normalized spacial score (nSPS) is 12.4. The number of aromatic nitrogens is 1. The summed E-state index contributed by atoms with van der Waals surface area (Å²) in [5, 5.41) is 11.8. The van der Waals surface area contributed by atoms with Crippen molar-refractivity contribution in [2.75, 3.05) is 11.9 Å². The fourth-order valence-electron chi connectivity index (χ4n) is 1.77. The second kappa shape index (κ2) is 5.29. The van der Waals surface area contributed by atoms with E-state index in [2.05, 4.69) is 21.3 Å². The molecule has 0 amide bonds. The molecule has 4 heteroatoms. The summed E-state index contributed by atoms with van der Waals surface area (Å²) in [4.78, 5) is 7.70. The van der Waals surface area contributed by atoms with Crippen LogP contribution in [0.25, 0.3) is 0 Å². The number of anilines is 1. The van der Waals surface area contributed by atoms with Gasteiger partial charge < -0.3 is 10.0 Å². The van der Waals surface area contributed by atoms with Gasteiger partial charge >= 0.3 is 0 Å². The average molecular weight is 248 g/mol. The molecule has 2 rings (SSSR count). The summed E-state index contributed by atoms with van der Waals surface area (Å²) in [7, 11) is 1.99. The Morgan fingerprint density at radius 2 is 2.24 bits per heavy atom. The van der Waals surface area contributed by atoms with Crippen molar-refractivity contribution in [1.82, 2.24) is 4.98 Å². The smallest absolute Gasteiger partial charge is 0.134 e. The highest BCUT2D eigenvalue weighted by Crippen LogP contribution is 2.24. The maximum atomic E-state index is 9.72.